The predicted octanol–water partition coefficient (Wildman–Crippen LogP) is 1.96. The van der Waals surface area contributed by atoms with Crippen molar-refractivity contribution in [2.75, 3.05) is 24.6 Å². The van der Waals surface area contributed by atoms with Gasteiger partial charge in [-0.25, -0.2) is 8.42 Å². The van der Waals surface area contributed by atoms with Gasteiger partial charge in [0.25, 0.3) is 0 Å². The fourth-order valence-electron chi connectivity index (χ4n) is 5.18. The van der Waals surface area contributed by atoms with Gasteiger partial charge in [0.05, 0.1) is 17.1 Å². The highest BCUT2D eigenvalue weighted by atomic mass is 32.2. The number of amides is 1. The van der Waals surface area contributed by atoms with E-state index in [4.69, 9.17) is 0 Å². The number of sulfone groups is 1. The van der Waals surface area contributed by atoms with Gasteiger partial charge < -0.3 is 10.0 Å². The zero-order valence-electron chi connectivity index (χ0n) is 15.0. The van der Waals surface area contributed by atoms with Crippen molar-refractivity contribution in [3.8, 4) is 0 Å². The lowest BCUT2D eigenvalue weighted by Crippen LogP contribution is -2.43. The molecular formula is C20H27NO4S. The molecule has 0 radical (unpaired) electrons. The quantitative estimate of drug-likeness (QED) is 0.855. The number of rotatable bonds is 2. The number of carbonyl (C=O) groups is 1. The number of hydrogen-bond acceptors (Lipinski definition) is 4. The summed E-state index contributed by atoms with van der Waals surface area (Å²) in [6, 6.07) is 9.83. The summed E-state index contributed by atoms with van der Waals surface area (Å²) in [5.41, 5.74) is 0.0857. The average Bonchev–Trinajstić information content (AvgIpc) is 3.08. The Morgan fingerprint density at radius 1 is 1.08 bits per heavy atom. The van der Waals surface area contributed by atoms with Crippen molar-refractivity contribution in [1.82, 2.24) is 4.90 Å². The van der Waals surface area contributed by atoms with E-state index in [0.717, 1.165) is 24.8 Å². The minimum Gasteiger partial charge on any atom is -0.385 e. The molecule has 1 aromatic rings. The maximum Gasteiger partial charge on any atom is 0.225 e. The second-order valence-electron chi connectivity index (χ2n) is 8.22. The number of hydrogen-bond donors (Lipinski definition) is 1. The van der Waals surface area contributed by atoms with Crippen molar-refractivity contribution < 1.29 is 18.3 Å². The first-order valence-electron chi connectivity index (χ1n) is 9.66. The largest absolute Gasteiger partial charge is 0.385 e. The SMILES string of the molecule is O=C(C1CCS(=O)(=O)CC1)N1C[C@@H]2CCC[C@@](O)(c3ccccc3)[C@@H]2C1. The van der Waals surface area contributed by atoms with Crippen molar-refractivity contribution in [2.45, 2.75) is 37.7 Å². The Morgan fingerprint density at radius 3 is 2.46 bits per heavy atom. The van der Waals surface area contributed by atoms with Crippen LogP contribution in [0.2, 0.25) is 0 Å². The zero-order valence-corrected chi connectivity index (χ0v) is 15.8. The molecule has 3 fully saturated rings. The minimum atomic E-state index is -2.96. The first-order chi connectivity index (χ1) is 12.4. The summed E-state index contributed by atoms with van der Waals surface area (Å²) in [6.07, 6.45) is 3.63. The van der Waals surface area contributed by atoms with Crippen molar-refractivity contribution in [3.63, 3.8) is 0 Å². The van der Waals surface area contributed by atoms with Crippen LogP contribution in [0.25, 0.3) is 0 Å². The van der Waals surface area contributed by atoms with E-state index in [2.05, 4.69) is 0 Å². The van der Waals surface area contributed by atoms with Gasteiger partial charge in [0.2, 0.25) is 5.91 Å². The Bertz CT molecular complexity index is 764. The molecule has 0 bridgehead atoms. The van der Waals surface area contributed by atoms with Crippen LogP contribution in [-0.4, -0.2) is 48.9 Å². The highest BCUT2D eigenvalue weighted by Crippen LogP contribution is 2.48. The summed E-state index contributed by atoms with van der Waals surface area (Å²) in [7, 11) is -2.96. The molecule has 1 N–H and O–H groups in total. The fourth-order valence-corrected chi connectivity index (χ4v) is 6.68. The fraction of sp³-hybridized carbons (Fsp3) is 0.650. The average molecular weight is 378 g/mol. The predicted molar refractivity (Wildman–Crippen MR) is 99.1 cm³/mol. The van der Waals surface area contributed by atoms with Gasteiger partial charge in [-0.2, -0.15) is 0 Å². The van der Waals surface area contributed by atoms with E-state index in [9.17, 15) is 18.3 Å². The van der Waals surface area contributed by atoms with Crippen LogP contribution in [0.4, 0.5) is 0 Å². The van der Waals surface area contributed by atoms with Crippen molar-refractivity contribution in [1.29, 1.82) is 0 Å². The van der Waals surface area contributed by atoms with E-state index in [1.807, 2.05) is 35.2 Å². The maximum absolute atomic E-state index is 13.0. The highest BCUT2D eigenvalue weighted by molar-refractivity contribution is 7.91. The van der Waals surface area contributed by atoms with Gasteiger partial charge in [0, 0.05) is 24.9 Å². The van der Waals surface area contributed by atoms with E-state index in [1.54, 1.807) is 0 Å². The van der Waals surface area contributed by atoms with Gasteiger partial charge in [0.1, 0.15) is 9.84 Å². The Kier molecular flexibility index (Phi) is 4.59. The van der Waals surface area contributed by atoms with Gasteiger partial charge in [-0.3, -0.25) is 4.79 Å². The summed E-state index contributed by atoms with van der Waals surface area (Å²) in [5, 5.41) is 11.5. The first kappa shape index (κ1) is 18.0. The number of likely N-dealkylation sites (tertiary alicyclic amines) is 1. The highest BCUT2D eigenvalue weighted by Gasteiger charge is 2.51. The Morgan fingerprint density at radius 2 is 1.77 bits per heavy atom. The molecule has 1 aliphatic carbocycles. The lowest BCUT2D eigenvalue weighted by molar-refractivity contribution is -0.135. The Labute approximate surface area is 155 Å². The van der Waals surface area contributed by atoms with Crippen LogP contribution in [0.3, 0.4) is 0 Å². The van der Waals surface area contributed by atoms with E-state index in [0.29, 0.717) is 31.8 Å². The minimum absolute atomic E-state index is 0.0647. The molecular weight excluding hydrogens is 350 g/mol. The van der Waals surface area contributed by atoms with E-state index in [1.165, 1.54) is 0 Å². The normalized spacial score (nSPS) is 34.4. The second-order valence-corrected chi connectivity index (χ2v) is 10.5. The summed E-state index contributed by atoms with van der Waals surface area (Å²) < 4.78 is 23.3. The Balaban J connectivity index is 1.50. The summed E-state index contributed by atoms with van der Waals surface area (Å²) in [5.74, 6) is 0.546. The van der Waals surface area contributed by atoms with Crippen LogP contribution in [0.1, 0.15) is 37.7 Å². The molecule has 2 saturated heterocycles. The molecule has 0 aromatic heterocycles. The summed E-state index contributed by atoms with van der Waals surface area (Å²) in [4.78, 5) is 14.9. The molecule has 3 atom stereocenters. The van der Waals surface area contributed by atoms with Crippen LogP contribution in [0.5, 0.6) is 0 Å². The molecule has 6 heteroatoms. The lowest BCUT2D eigenvalue weighted by Gasteiger charge is -2.41. The molecule has 142 valence electrons. The smallest absolute Gasteiger partial charge is 0.225 e. The number of benzene rings is 1. The van der Waals surface area contributed by atoms with Crippen LogP contribution in [0, 0.1) is 17.8 Å². The molecule has 4 rings (SSSR count). The van der Waals surface area contributed by atoms with Crippen LogP contribution in [0.15, 0.2) is 30.3 Å². The standard InChI is InChI=1S/C20H27NO4S/c22-19(15-8-11-26(24,25)12-9-15)21-13-16-5-4-10-20(23,18(16)14-21)17-6-2-1-3-7-17/h1-3,6-7,15-16,18,23H,4-5,8-14H2/t16-,18+,20+/m0/s1. The molecule has 0 spiro atoms. The number of carbonyl (C=O) groups excluding carboxylic acids is 1. The maximum atomic E-state index is 13.0. The number of fused-ring (bicyclic) bond motifs is 1. The number of aliphatic hydroxyl groups is 1. The second kappa shape index (κ2) is 6.64. The zero-order chi connectivity index (χ0) is 18.4. The van der Waals surface area contributed by atoms with Gasteiger partial charge in [0.15, 0.2) is 0 Å². The topological polar surface area (TPSA) is 74.7 Å². The van der Waals surface area contributed by atoms with Crippen molar-refractivity contribution in [2.24, 2.45) is 17.8 Å². The molecule has 26 heavy (non-hydrogen) atoms. The number of nitrogens with zero attached hydrogens (tertiary/aromatic N) is 1. The molecule has 2 aliphatic heterocycles. The molecule has 2 heterocycles. The van der Waals surface area contributed by atoms with Gasteiger partial charge >= 0.3 is 0 Å². The first-order valence-corrected chi connectivity index (χ1v) is 11.5. The lowest BCUT2D eigenvalue weighted by atomic mass is 9.67. The van der Waals surface area contributed by atoms with Gasteiger partial charge in [-0.1, -0.05) is 30.3 Å². The van der Waals surface area contributed by atoms with Crippen LogP contribution in [-0.2, 0) is 20.2 Å². The van der Waals surface area contributed by atoms with E-state index >= 15 is 0 Å². The summed E-state index contributed by atoms with van der Waals surface area (Å²) >= 11 is 0. The summed E-state index contributed by atoms with van der Waals surface area (Å²) in [6.45, 7) is 1.28. The Hall–Kier alpha value is -1.40. The van der Waals surface area contributed by atoms with Crippen molar-refractivity contribution >= 4 is 15.7 Å². The van der Waals surface area contributed by atoms with Gasteiger partial charge in [-0.05, 0) is 43.6 Å². The monoisotopic (exact) mass is 377 g/mol. The van der Waals surface area contributed by atoms with Gasteiger partial charge in [-0.15, -0.1) is 0 Å². The molecule has 3 aliphatic rings. The van der Waals surface area contributed by atoms with E-state index < -0.39 is 15.4 Å². The third-order valence-electron chi connectivity index (χ3n) is 6.68. The third-order valence-corrected chi connectivity index (χ3v) is 8.39. The third kappa shape index (κ3) is 3.18. The molecule has 1 amide bonds. The molecule has 0 unspecified atom stereocenters. The van der Waals surface area contributed by atoms with Crippen LogP contribution >= 0.6 is 0 Å². The molecule has 5 nitrogen and oxygen atoms in total. The van der Waals surface area contributed by atoms with E-state index in [-0.39, 0.29) is 29.2 Å². The van der Waals surface area contributed by atoms with Crippen molar-refractivity contribution in [3.05, 3.63) is 35.9 Å². The molecule has 1 aromatic carbocycles. The molecule has 1 saturated carbocycles. The van der Waals surface area contributed by atoms with Crippen LogP contribution < -0.4 is 0 Å².